The van der Waals surface area contributed by atoms with Gasteiger partial charge in [0.2, 0.25) is 0 Å². The number of rotatable bonds is 1. The van der Waals surface area contributed by atoms with Crippen LogP contribution in [0.4, 0.5) is 4.79 Å². The lowest BCUT2D eigenvalue weighted by Crippen LogP contribution is -2.47. The van der Waals surface area contributed by atoms with Gasteiger partial charge in [-0.1, -0.05) is 15.9 Å². The Morgan fingerprint density at radius 3 is 2.65 bits per heavy atom. The van der Waals surface area contributed by atoms with Crippen molar-refractivity contribution in [2.45, 2.75) is 49.8 Å². The Morgan fingerprint density at radius 2 is 2.18 bits per heavy atom. The molecule has 1 aliphatic heterocycles. The molecule has 1 heterocycles. The second-order valence-electron chi connectivity index (χ2n) is 5.44. The average molecular weight is 306 g/mol. The van der Waals surface area contributed by atoms with E-state index in [0.29, 0.717) is 6.42 Å². The Balaban J connectivity index is 1.88. The largest absolute Gasteiger partial charge is 0.460 e. The molecule has 1 amide bonds. The van der Waals surface area contributed by atoms with E-state index in [1.807, 2.05) is 20.8 Å². The van der Waals surface area contributed by atoms with Gasteiger partial charge in [0.25, 0.3) is 0 Å². The van der Waals surface area contributed by atoms with Crippen LogP contribution in [0.1, 0.15) is 27.2 Å². The molecule has 1 saturated heterocycles. The summed E-state index contributed by atoms with van der Waals surface area (Å²) >= 11 is 3.45. The Hall–Kier alpha value is -0.780. The zero-order valence-electron chi connectivity index (χ0n) is 10.0. The maximum Gasteiger partial charge on any atom is 0.407 e. The third kappa shape index (κ3) is 2.56. The van der Waals surface area contributed by atoms with Gasteiger partial charge >= 0.3 is 12.1 Å². The van der Waals surface area contributed by atoms with Gasteiger partial charge in [0, 0.05) is 6.04 Å². The molecule has 0 aromatic rings. The lowest BCUT2D eigenvalue weighted by molar-refractivity contribution is -0.179. The van der Waals surface area contributed by atoms with Crippen LogP contribution in [0.25, 0.3) is 0 Å². The predicted molar refractivity (Wildman–Crippen MR) is 63.9 cm³/mol. The number of esters is 1. The van der Waals surface area contributed by atoms with Crippen molar-refractivity contribution in [3.8, 4) is 0 Å². The fraction of sp³-hybridized carbons (Fsp3) is 0.818. The van der Waals surface area contributed by atoms with Crippen molar-refractivity contribution in [2.24, 2.45) is 5.92 Å². The zero-order valence-corrected chi connectivity index (χ0v) is 11.6. The van der Waals surface area contributed by atoms with Crippen molar-refractivity contribution in [3.05, 3.63) is 0 Å². The molecule has 0 spiro atoms. The number of nitrogens with one attached hydrogen (secondary N) is 1. The van der Waals surface area contributed by atoms with Crippen LogP contribution in [0.15, 0.2) is 0 Å². The van der Waals surface area contributed by atoms with Crippen molar-refractivity contribution in [1.29, 1.82) is 0 Å². The van der Waals surface area contributed by atoms with E-state index in [-0.39, 0.29) is 28.9 Å². The van der Waals surface area contributed by atoms with Crippen LogP contribution < -0.4 is 5.32 Å². The Labute approximate surface area is 108 Å². The number of ether oxygens (including phenoxy) is 2. The standard InChI is InChI=1S/C11H16BrNO4/c1-11(2,3)17-10(15)13-6-4-5-8(7(6)12)16-9(5)14/h5-8H,4H2,1-3H3,(H,13,15)/t5-,6-,7-,8-/m1/s1. The summed E-state index contributed by atoms with van der Waals surface area (Å²) in [5.41, 5.74) is -0.518. The van der Waals surface area contributed by atoms with Crippen molar-refractivity contribution >= 4 is 28.0 Å². The summed E-state index contributed by atoms with van der Waals surface area (Å²) in [6, 6.07) is -0.119. The molecule has 4 atom stereocenters. The van der Waals surface area contributed by atoms with Gasteiger partial charge < -0.3 is 14.8 Å². The highest BCUT2D eigenvalue weighted by molar-refractivity contribution is 9.09. The van der Waals surface area contributed by atoms with Gasteiger partial charge in [0.15, 0.2) is 0 Å². The molecule has 1 saturated carbocycles. The van der Waals surface area contributed by atoms with Gasteiger partial charge in [-0.15, -0.1) is 0 Å². The van der Waals surface area contributed by atoms with Crippen LogP contribution in [0.2, 0.25) is 0 Å². The van der Waals surface area contributed by atoms with Gasteiger partial charge in [0.1, 0.15) is 11.7 Å². The van der Waals surface area contributed by atoms with Gasteiger partial charge in [0.05, 0.1) is 10.7 Å². The number of carbonyl (C=O) groups is 2. The predicted octanol–water partition coefficient (Wildman–Crippen LogP) is 1.59. The van der Waals surface area contributed by atoms with Gasteiger partial charge in [-0.2, -0.15) is 0 Å². The fourth-order valence-electron chi connectivity index (χ4n) is 2.11. The van der Waals surface area contributed by atoms with Crippen LogP contribution in [0.5, 0.6) is 0 Å². The molecule has 2 rings (SSSR count). The second-order valence-corrected chi connectivity index (χ2v) is 6.50. The summed E-state index contributed by atoms with van der Waals surface area (Å²) in [5.74, 6) is -0.257. The van der Waals surface area contributed by atoms with Crippen LogP contribution >= 0.6 is 15.9 Å². The Kier molecular flexibility index (Phi) is 3.10. The van der Waals surface area contributed by atoms with Crippen molar-refractivity contribution < 1.29 is 19.1 Å². The molecule has 0 aromatic heterocycles. The normalized spacial score (nSPS) is 35.6. The monoisotopic (exact) mass is 305 g/mol. The smallest absolute Gasteiger partial charge is 0.407 e. The average Bonchev–Trinajstić information content (AvgIpc) is 2.38. The molecule has 2 fully saturated rings. The Bertz CT molecular complexity index is 352. The first-order valence-electron chi connectivity index (χ1n) is 5.62. The van der Waals surface area contributed by atoms with E-state index in [4.69, 9.17) is 9.47 Å². The number of carbonyl (C=O) groups excluding carboxylic acids is 2. The van der Waals surface area contributed by atoms with E-state index in [2.05, 4.69) is 21.2 Å². The number of fused-ring (bicyclic) bond motifs is 1. The number of amides is 1. The number of hydrogen-bond donors (Lipinski definition) is 1. The number of alkyl carbamates (subject to hydrolysis) is 1. The van der Waals surface area contributed by atoms with E-state index < -0.39 is 11.7 Å². The molecule has 0 unspecified atom stereocenters. The van der Waals surface area contributed by atoms with Gasteiger partial charge in [-0.05, 0) is 27.2 Å². The fourth-order valence-corrected chi connectivity index (χ4v) is 2.94. The SMILES string of the molecule is CC(C)(C)OC(=O)N[C@@H]1C[C@H]2C(=O)O[C@H]2[C@@H]1Br. The molecule has 17 heavy (non-hydrogen) atoms. The lowest BCUT2D eigenvalue weighted by Gasteiger charge is -2.30. The number of halogens is 1. The first kappa shape index (κ1) is 12.7. The highest BCUT2D eigenvalue weighted by Gasteiger charge is 2.55. The minimum Gasteiger partial charge on any atom is -0.460 e. The summed E-state index contributed by atoms with van der Waals surface area (Å²) < 4.78 is 10.2. The summed E-state index contributed by atoms with van der Waals surface area (Å²) in [6.45, 7) is 5.43. The topological polar surface area (TPSA) is 64.6 Å². The van der Waals surface area contributed by atoms with Crippen LogP contribution in [0, 0.1) is 5.92 Å². The number of hydrogen-bond acceptors (Lipinski definition) is 4. The molecule has 0 aromatic carbocycles. The molecule has 5 nitrogen and oxygen atoms in total. The molecule has 2 aliphatic rings. The molecule has 1 N–H and O–H groups in total. The van der Waals surface area contributed by atoms with Crippen LogP contribution in [0.3, 0.4) is 0 Å². The van der Waals surface area contributed by atoms with Gasteiger partial charge in [-0.25, -0.2) is 4.79 Å². The molecular formula is C11H16BrNO4. The van der Waals surface area contributed by atoms with Crippen molar-refractivity contribution in [1.82, 2.24) is 5.32 Å². The molecular weight excluding hydrogens is 290 g/mol. The first-order chi connectivity index (χ1) is 7.78. The Morgan fingerprint density at radius 1 is 1.53 bits per heavy atom. The molecule has 0 radical (unpaired) electrons. The third-order valence-corrected chi connectivity index (χ3v) is 4.02. The summed E-state index contributed by atoms with van der Waals surface area (Å²) in [4.78, 5) is 22.7. The zero-order chi connectivity index (χ0) is 12.8. The van der Waals surface area contributed by atoms with Crippen LogP contribution in [-0.2, 0) is 14.3 Å². The van der Waals surface area contributed by atoms with E-state index >= 15 is 0 Å². The van der Waals surface area contributed by atoms with Crippen molar-refractivity contribution in [2.75, 3.05) is 0 Å². The highest BCUT2D eigenvalue weighted by atomic mass is 79.9. The maximum atomic E-state index is 11.6. The maximum absolute atomic E-state index is 11.6. The number of alkyl halides is 1. The summed E-state index contributed by atoms with van der Waals surface area (Å²) in [6.07, 6.45) is 0.0432. The highest BCUT2D eigenvalue weighted by Crippen LogP contribution is 2.41. The van der Waals surface area contributed by atoms with Crippen LogP contribution in [-0.4, -0.2) is 34.6 Å². The van der Waals surface area contributed by atoms with Crippen molar-refractivity contribution in [3.63, 3.8) is 0 Å². The third-order valence-electron chi connectivity index (χ3n) is 2.86. The molecule has 6 heteroatoms. The van der Waals surface area contributed by atoms with E-state index in [9.17, 15) is 9.59 Å². The molecule has 1 aliphatic carbocycles. The van der Waals surface area contributed by atoms with Gasteiger partial charge in [-0.3, -0.25) is 4.79 Å². The first-order valence-corrected chi connectivity index (χ1v) is 6.53. The van der Waals surface area contributed by atoms with E-state index in [1.165, 1.54) is 0 Å². The second kappa shape index (κ2) is 4.15. The summed E-state index contributed by atoms with van der Waals surface area (Å²) in [7, 11) is 0. The minimum absolute atomic E-state index is 0.0299. The molecule has 96 valence electrons. The molecule has 0 bridgehead atoms. The van der Waals surface area contributed by atoms with E-state index in [1.54, 1.807) is 0 Å². The minimum atomic E-state index is -0.518. The summed E-state index contributed by atoms with van der Waals surface area (Å²) in [5, 5.41) is 2.77. The van der Waals surface area contributed by atoms with E-state index in [0.717, 1.165) is 0 Å². The quantitative estimate of drug-likeness (QED) is 0.590. The lowest BCUT2D eigenvalue weighted by atomic mass is 10.0.